The first-order chi connectivity index (χ1) is 15.8. The molecule has 0 radical (unpaired) electrons. The third-order valence-corrected chi connectivity index (χ3v) is 6.72. The van der Waals surface area contributed by atoms with E-state index in [1.165, 1.54) is 24.3 Å². The maximum absolute atomic E-state index is 12.7. The van der Waals surface area contributed by atoms with E-state index >= 15 is 0 Å². The Hall–Kier alpha value is -3.84. The minimum Gasteiger partial charge on any atom is -0.484 e. The SMILES string of the molecule is Cc1ccc(NS(=O)(=O)c2ccc(OCC(=O)Nc3cccc4ccccc34)cc2)cc1C. The molecule has 0 heterocycles. The number of amides is 1. The Morgan fingerprint density at radius 2 is 1.58 bits per heavy atom. The van der Waals surface area contributed by atoms with Crippen LogP contribution < -0.4 is 14.8 Å². The molecule has 0 atom stereocenters. The highest BCUT2D eigenvalue weighted by Gasteiger charge is 2.15. The van der Waals surface area contributed by atoms with Gasteiger partial charge in [0.1, 0.15) is 5.75 Å². The van der Waals surface area contributed by atoms with E-state index in [0.29, 0.717) is 17.1 Å². The van der Waals surface area contributed by atoms with Gasteiger partial charge in [0, 0.05) is 16.8 Å². The van der Waals surface area contributed by atoms with Crippen LogP contribution in [0.15, 0.2) is 89.8 Å². The second kappa shape index (κ2) is 9.34. The molecule has 33 heavy (non-hydrogen) atoms. The summed E-state index contributed by atoms with van der Waals surface area (Å²) in [6.45, 7) is 3.69. The van der Waals surface area contributed by atoms with E-state index in [0.717, 1.165) is 21.9 Å². The van der Waals surface area contributed by atoms with Crippen molar-refractivity contribution in [2.45, 2.75) is 18.7 Å². The Balaban J connectivity index is 1.38. The number of carbonyl (C=O) groups excluding carboxylic acids is 1. The third kappa shape index (κ3) is 5.32. The van der Waals surface area contributed by atoms with Gasteiger partial charge in [0.25, 0.3) is 15.9 Å². The van der Waals surface area contributed by atoms with Gasteiger partial charge in [0.15, 0.2) is 6.61 Å². The van der Waals surface area contributed by atoms with Gasteiger partial charge in [0.2, 0.25) is 0 Å². The fraction of sp³-hybridized carbons (Fsp3) is 0.115. The average Bonchev–Trinajstić information content (AvgIpc) is 2.80. The Bertz CT molecular complexity index is 1410. The molecule has 0 aliphatic carbocycles. The molecule has 168 valence electrons. The molecule has 0 saturated carbocycles. The Morgan fingerprint density at radius 1 is 0.848 bits per heavy atom. The quantitative estimate of drug-likeness (QED) is 0.393. The molecule has 6 nitrogen and oxygen atoms in total. The molecule has 4 aromatic carbocycles. The number of aryl methyl sites for hydroxylation is 2. The fourth-order valence-electron chi connectivity index (χ4n) is 3.40. The number of rotatable bonds is 7. The highest BCUT2D eigenvalue weighted by molar-refractivity contribution is 7.92. The molecule has 0 spiro atoms. The summed E-state index contributed by atoms with van der Waals surface area (Å²) in [5.74, 6) is 0.0904. The molecule has 2 N–H and O–H groups in total. The van der Waals surface area contributed by atoms with Crippen LogP contribution in [0.3, 0.4) is 0 Å². The fourth-order valence-corrected chi connectivity index (χ4v) is 4.45. The molecule has 0 bridgehead atoms. The molecule has 4 rings (SSSR count). The van der Waals surface area contributed by atoms with Crippen LogP contribution >= 0.6 is 0 Å². The van der Waals surface area contributed by atoms with E-state index in [1.807, 2.05) is 62.4 Å². The topological polar surface area (TPSA) is 84.5 Å². The third-order valence-electron chi connectivity index (χ3n) is 5.33. The highest BCUT2D eigenvalue weighted by Crippen LogP contribution is 2.23. The molecular weight excluding hydrogens is 436 g/mol. The van der Waals surface area contributed by atoms with E-state index in [4.69, 9.17) is 4.74 Å². The van der Waals surface area contributed by atoms with Crippen molar-refractivity contribution < 1.29 is 17.9 Å². The number of anilines is 2. The number of hydrogen-bond acceptors (Lipinski definition) is 4. The van der Waals surface area contributed by atoms with Gasteiger partial charge in [-0.15, -0.1) is 0 Å². The lowest BCUT2D eigenvalue weighted by Gasteiger charge is -2.11. The van der Waals surface area contributed by atoms with Gasteiger partial charge < -0.3 is 10.1 Å². The minimum atomic E-state index is -3.74. The van der Waals surface area contributed by atoms with Crippen molar-refractivity contribution in [3.05, 3.63) is 96.1 Å². The Kier molecular flexibility index (Phi) is 6.33. The van der Waals surface area contributed by atoms with Crippen LogP contribution in [0.25, 0.3) is 10.8 Å². The molecule has 1 amide bonds. The number of sulfonamides is 1. The van der Waals surface area contributed by atoms with Crippen molar-refractivity contribution in [1.82, 2.24) is 0 Å². The molecular formula is C26H24N2O4S. The van der Waals surface area contributed by atoms with Crippen LogP contribution in [0.5, 0.6) is 5.75 Å². The van der Waals surface area contributed by atoms with Gasteiger partial charge in [-0.3, -0.25) is 9.52 Å². The lowest BCUT2D eigenvalue weighted by atomic mass is 10.1. The predicted octanol–water partition coefficient (Wildman–Crippen LogP) is 5.27. The van der Waals surface area contributed by atoms with Gasteiger partial charge in [-0.2, -0.15) is 0 Å². The number of nitrogens with one attached hydrogen (secondary N) is 2. The zero-order valence-corrected chi connectivity index (χ0v) is 19.1. The summed E-state index contributed by atoms with van der Waals surface area (Å²) < 4.78 is 33.5. The normalized spacial score (nSPS) is 11.2. The van der Waals surface area contributed by atoms with Crippen LogP contribution in [0.1, 0.15) is 11.1 Å². The van der Waals surface area contributed by atoms with E-state index in [9.17, 15) is 13.2 Å². The van der Waals surface area contributed by atoms with Crippen molar-refractivity contribution in [3.8, 4) is 5.75 Å². The zero-order chi connectivity index (χ0) is 23.4. The summed E-state index contributed by atoms with van der Waals surface area (Å²) in [6.07, 6.45) is 0. The number of ether oxygens (including phenoxy) is 1. The molecule has 0 unspecified atom stereocenters. The summed E-state index contributed by atoms with van der Waals surface area (Å²) in [7, 11) is -3.74. The van der Waals surface area contributed by atoms with Crippen LogP contribution in [0.2, 0.25) is 0 Å². The first-order valence-electron chi connectivity index (χ1n) is 10.4. The number of fused-ring (bicyclic) bond motifs is 1. The molecule has 4 aromatic rings. The minimum absolute atomic E-state index is 0.105. The Labute approximate surface area is 193 Å². The van der Waals surface area contributed by atoms with Crippen molar-refractivity contribution in [2.24, 2.45) is 0 Å². The molecule has 0 aliphatic rings. The number of hydrogen-bond donors (Lipinski definition) is 2. The van der Waals surface area contributed by atoms with Gasteiger partial charge in [-0.05, 0) is 72.8 Å². The smallest absolute Gasteiger partial charge is 0.262 e. The molecule has 7 heteroatoms. The summed E-state index contributed by atoms with van der Waals surface area (Å²) in [5, 5.41) is 4.83. The highest BCUT2D eigenvalue weighted by atomic mass is 32.2. The summed E-state index contributed by atoms with van der Waals surface area (Å²) in [6, 6.07) is 24.8. The predicted molar refractivity (Wildman–Crippen MR) is 131 cm³/mol. The summed E-state index contributed by atoms with van der Waals surface area (Å²) in [5.41, 5.74) is 3.30. The molecule has 0 fully saturated rings. The number of carbonyl (C=O) groups is 1. The van der Waals surface area contributed by atoms with Gasteiger partial charge in [0.05, 0.1) is 4.90 Å². The van der Waals surface area contributed by atoms with Crippen molar-refractivity contribution in [3.63, 3.8) is 0 Å². The van der Waals surface area contributed by atoms with Crippen molar-refractivity contribution >= 4 is 38.1 Å². The standard InChI is InChI=1S/C26H24N2O4S/c1-18-10-11-21(16-19(18)2)28-33(30,31)23-14-12-22(13-15-23)32-17-26(29)27-25-9-5-7-20-6-3-4-8-24(20)25/h3-16,28H,17H2,1-2H3,(H,27,29). The Morgan fingerprint density at radius 3 is 2.33 bits per heavy atom. The van der Waals surface area contributed by atoms with Crippen LogP contribution in [0, 0.1) is 13.8 Å². The van der Waals surface area contributed by atoms with E-state index < -0.39 is 10.0 Å². The lowest BCUT2D eigenvalue weighted by molar-refractivity contribution is -0.118. The first-order valence-corrected chi connectivity index (χ1v) is 11.9. The van der Waals surface area contributed by atoms with Crippen molar-refractivity contribution in [1.29, 1.82) is 0 Å². The number of benzene rings is 4. The average molecular weight is 461 g/mol. The van der Waals surface area contributed by atoms with Crippen LogP contribution in [0.4, 0.5) is 11.4 Å². The van der Waals surface area contributed by atoms with E-state index in [2.05, 4.69) is 10.0 Å². The van der Waals surface area contributed by atoms with Crippen molar-refractivity contribution in [2.75, 3.05) is 16.6 Å². The summed E-state index contributed by atoms with van der Waals surface area (Å²) >= 11 is 0. The lowest BCUT2D eigenvalue weighted by Crippen LogP contribution is -2.20. The van der Waals surface area contributed by atoms with E-state index in [1.54, 1.807) is 12.1 Å². The maximum atomic E-state index is 12.7. The molecule has 0 saturated heterocycles. The monoisotopic (exact) mass is 460 g/mol. The van der Waals surface area contributed by atoms with Crippen LogP contribution in [-0.4, -0.2) is 20.9 Å². The maximum Gasteiger partial charge on any atom is 0.262 e. The zero-order valence-electron chi connectivity index (χ0n) is 18.3. The second-order valence-electron chi connectivity index (χ2n) is 7.74. The first kappa shape index (κ1) is 22.4. The van der Waals surface area contributed by atoms with E-state index in [-0.39, 0.29) is 17.4 Å². The summed E-state index contributed by atoms with van der Waals surface area (Å²) in [4.78, 5) is 12.5. The molecule has 0 aromatic heterocycles. The van der Waals surface area contributed by atoms with Gasteiger partial charge in [-0.25, -0.2) is 8.42 Å². The van der Waals surface area contributed by atoms with Gasteiger partial charge >= 0.3 is 0 Å². The van der Waals surface area contributed by atoms with Crippen LogP contribution in [-0.2, 0) is 14.8 Å². The second-order valence-corrected chi connectivity index (χ2v) is 9.42. The van der Waals surface area contributed by atoms with Gasteiger partial charge in [-0.1, -0.05) is 42.5 Å². The largest absolute Gasteiger partial charge is 0.484 e. The molecule has 0 aliphatic heterocycles.